The molecule has 0 bridgehead atoms. The molecule has 3 unspecified atom stereocenters. The fourth-order valence-electron chi connectivity index (χ4n) is 7.88. The summed E-state index contributed by atoms with van der Waals surface area (Å²) in [4.78, 5) is 2.32. The molecule has 1 fully saturated rings. The Morgan fingerprint density at radius 1 is 0.698 bits per heavy atom. The van der Waals surface area contributed by atoms with Gasteiger partial charge in [-0.2, -0.15) is 0 Å². The molecule has 3 heteroatoms. The number of nitrogens with zero attached hydrogens (tertiary/aromatic N) is 1. The van der Waals surface area contributed by atoms with Crippen LogP contribution in [0.2, 0.25) is 0 Å². The number of fused-ring (bicyclic) bond motifs is 3. The largest absolute Gasteiger partial charge is 0.335 e. The average molecular weight is 562 g/mol. The van der Waals surface area contributed by atoms with Crippen LogP contribution < -0.4 is 5.32 Å². The highest BCUT2D eigenvalue weighted by Gasteiger charge is 2.71. The van der Waals surface area contributed by atoms with Crippen LogP contribution in [-0.2, 0) is 5.41 Å². The normalized spacial score (nSPS) is 22.0. The molecular formula is C40H39N3. The Morgan fingerprint density at radius 3 is 1.72 bits per heavy atom. The smallest absolute Gasteiger partial charge is 0.107 e. The zero-order valence-electron chi connectivity index (χ0n) is 25.5. The minimum absolute atomic E-state index is 0.0150. The first-order valence-corrected chi connectivity index (χ1v) is 15.4. The van der Waals surface area contributed by atoms with Crippen molar-refractivity contribution in [1.29, 1.82) is 5.41 Å². The summed E-state index contributed by atoms with van der Waals surface area (Å²) in [6.07, 6.45) is 2.15. The van der Waals surface area contributed by atoms with Crippen LogP contribution in [-0.4, -0.2) is 23.3 Å². The molecule has 2 aliphatic rings. The van der Waals surface area contributed by atoms with Gasteiger partial charge in [0, 0.05) is 5.41 Å². The van der Waals surface area contributed by atoms with Gasteiger partial charge in [0.1, 0.15) is 6.17 Å². The Labute approximate surface area is 255 Å². The second-order valence-corrected chi connectivity index (χ2v) is 12.4. The average Bonchev–Trinajstić information content (AvgIpc) is 3.70. The van der Waals surface area contributed by atoms with E-state index in [9.17, 15) is 0 Å². The monoisotopic (exact) mass is 561 g/mol. The predicted molar refractivity (Wildman–Crippen MR) is 180 cm³/mol. The van der Waals surface area contributed by atoms with E-state index in [0.29, 0.717) is 5.84 Å². The Bertz CT molecular complexity index is 1770. The third-order valence-electron chi connectivity index (χ3n) is 10.1. The van der Waals surface area contributed by atoms with Crippen LogP contribution in [0.3, 0.4) is 0 Å². The lowest BCUT2D eigenvalue weighted by Crippen LogP contribution is -2.53. The molecule has 0 amide bonds. The van der Waals surface area contributed by atoms with Crippen LogP contribution >= 0.6 is 0 Å². The molecule has 1 heterocycles. The van der Waals surface area contributed by atoms with E-state index in [1.807, 2.05) is 14.0 Å². The number of hydrogen-bond acceptors (Lipinski definition) is 2. The summed E-state index contributed by atoms with van der Waals surface area (Å²) < 4.78 is 0. The van der Waals surface area contributed by atoms with E-state index < -0.39 is 0 Å². The molecule has 0 saturated heterocycles. The van der Waals surface area contributed by atoms with Gasteiger partial charge >= 0.3 is 0 Å². The SMILES string of the molecule is CCC12CC1(C)N(C(C)=N)C(NC)c1cc(-c3cccc(-c4cc(-c5ccccc5)cc(-c5ccccc5)c4)c3)ccc12. The summed E-state index contributed by atoms with van der Waals surface area (Å²) in [6.45, 7) is 6.57. The summed E-state index contributed by atoms with van der Waals surface area (Å²) in [7, 11) is 2.02. The third kappa shape index (κ3) is 4.34. The Balaban J connectivity index is 1.33. The van der Waals surface area contributed by atoms with Crippen LogP contribution in [0, 0.1) is 5.41 Å². The summed E-state index contributed by atoms with van der Waals surface area (Å²) in [6, 6.07) is 44.2. The molecule has 1 saturated carbocycles. The fourth-order valence-corrected chi connectivity index (χ4v) is 7.88. The van der Waals surface area contributed by atoms with E-state index in [4.69, 9.17) is 5.41 Å². The number of amidine groups is 1. The number of hydrogen-bond donors (Lipinski definition) is 2. The maximum Gasteiger partial charge on any atom is 0.107 e. The van der Waals surface area contributed by atoms with Crippen molar-refractivity contribution in [2.24, 2.45) is 0 Å². The van der Waals surface area contributed by atoms with Gasteiger partial charge in [-0.15, -0.1) is 0 Å². The molecule has 3 nitrogen and oxygen atoms in total. The van der Waals surface area contributed by atoms with Crippen molar-refractivity contribution >= 4 is 5.84 Å². The molecule has 214 valence electrons. The van der Waals surface area contributed by atoms with Crippen LogP contribution in [0.25, 0.3) is 44.5 Å². The molecule has 7 rings (SSSR count). The topological polar surface area (TPSA) is 39.1 Å². The van der Waals surface area contributed by atoms with Crippen LogP contribution in [0.1, 0.15) is 50.9 Å². The molecule has 5 aromatic carbocycles. The number of rotatable bonds is 6. The second kappa shape index (κ2) is 10.4. The van der Waals surface area contributed by atoms with Gasteiger partial charge in [-0.25, -0.2) is 0 Å². The highest BCUT2D eigenvalue weighted by Crippen LogP contribution is 2.68. The van der Waals surface area contributed by atoms with E-state index in [-0.39, 0.29) is 17.1 Å². The molecule has 1 aliphatic carbocycles. The Morgan fingerprint density at radius 2 is 1.19 bits per heavy atom. The van der Waals surface area contributed by atoms with Crippen molar-refractivity contribution < 1.29 is 0 Å². The van der Waals surface area contributed by atoms with Gasteiger partial charge in [0.15, 0.2) is 0 Å². The zero-order chi connectivity index (χ0) is 29.8. The first-order valence-electron chi connectivity index (χ1n) is 15.4. The van der Waals surface area contributed by atoms with Crippen molar-refractivity contribution in [2.75, 3.05) is 7.05 Å². The van der Waals surface area contributed by atoms with Gasteiger partial charge in [-0.05, 0) is 120 Å². The quantitative estimate of drug-likeness (QED) is 0.160. The van der Waals surface area contributed by atoms with Crippen molar-refractivity contribution in [3.8, 4) is 44.5 Å². The maximum absolute atomic E-state index is 8.69. The molecule has 0 radical (unpaired) electrons. The molecule has 0 aromatic heterocycles. The van der Waals surface area contributed by atoms with E-state index in [1.54, 1.807) is 0 Å². The molecule has 2 N–H and O–H groups in total. The highest BCUT2D eigenvalue weighted by atomic mass is 15.4. The van der Waals surface area contributed by atoms with E-state index >= 15 is 0 Å². The second-order valence-electron chi connectivity index (χ2n) is 12.4. The van der Waals surface area contributed by atoms with Gasteiger partial charge in [-0.3, -0.25) is 10.7 Å². The summed E-state index contributed by atoms with van der Waals surface area (Å²) in [5.74, 6) is 0.628. The van der Waals surface area contributed by atoms with Crippen molar-refractivity contribution in [1.82, 2.24) is 10.2 Å². The van der Waals surface area contributed by atoms with Crippen LogP contribution in [0.4, 0.5) is 0 Å². The lowest BCUT2D eigenvalue weighted by Gasteiger charge is -2.46. The first kappa shape index (κ1) is 27.4. The minimum Gasteiger partial charge on any atom is -0.335 e. The van der Waals surface area contributed by atoms with E-state index in [0.717, 1.165) is 12.8 Å². The molecule has 3 atom stereocenters. The standard InChI is InChI=1S/C40H39N3/c1-5-40-26-39(40,3)43(27(2)41)38(42-4)36-25-32(19-20-37(36)40)30-17-12-18-31(21-30)35-23-33(28-13-8-6-9-14-28)22-34(24-35)29-15-10-7-11-16-29/h6-25,38,41-42H,5,26H2,1-4H3. The summed E-state index contributed by atoms with van der Waals surface area (Å²) >= 11 is 0. The number of nitrogens with one attached hydrogen (secondary N) is 2. The maximum atomic E-state index is 8.69. The van der Waals surface area contributed by atoms with Gasteiger partial charge in [0.2, 0.25) is 0 Å². The van der Waals surface area contributed by atoms with Crippen LogP contribution in [0.5, 0.6) is 0 Å². The van der Waals surface area contributed by atoms with Gasteiger partial charge < -0.3 is 4.90 Å². The number of benzene rings is 5. The predicted octanol–water partition coefficient (Wildman–Crippen LogP) is 9.70. The molecule has 1 aliphatic heterocycles. The van der Waals surface area contributed by atoms with Crippen molar-refractivity contribution in [3.63, 3.8) is 0 Å². The van der Waals surface area contributed by atoms with E-state index in [2.05, 4.69) is 145 Å². The minimum atomic E-state index is -0.0179. The van der Waals surface area contributed by atoms with Gasteiger partial charge in [0.05, 0.1) is 11.4 Å². The summed E-state index contributed by atoms with van der Waals surface area (Å²) in [5, 5.41) is 12.3. The molecule has 5 aromatic rings. The highest BCUT2D eigenvalue weighted by molar-refractivity contribution is 5.84. The molecule has 43 heavy (non-hydrogen) atoms. The zero-order valence-corrected chi connectivity index (χ0v) is 25.5. The summed E-state index contributed by atoms with van der Waals surface area (Å²) in [5.41, 5.74) is 12.5. The van der Waals surface area contributed by atoms with Gasteiger partial charge in [-0.1, -0.05) is 97.9 Å². The third-order valence-corrected chi connectivity index (χ3v) is 10.1. The van der Waals surface area contributed by atoms with Gasteiger partial charge in [0.25, 0.3) is 0 Å². The van der Waals surface area contributed by atoms with Crippen molar-refractivity contribution in [2.45, 2.75) is 50.7 Å². The van der Waals surface area contributed by atoms with E-state index in [1.165, 1.54) is 55.6 Å². The Hall–Kier alpha value is -4.47. The lowest BCUT2D eigenvalue weighted by atomic mass is 9.79. The lowest BCUT2D eigenvalue weighted by molar-refractivity contribution is 0.162. The van der Waals surface area contributed by atoms with Crippen LogP contribution in [0.15, 0.2) is 121 Å². The first-order chi connectivity index (χ1) is 20.9. The molecular weight excluding hydrogens is 522 g/mol. The Kier molecular flexibility index (Phi) is 6.59. The molecule has 0 spiro atoms. The van der Waals surface area contributed by atoms with Crippen molar-refractivity contribution in [3.05, 3.63) is 132 Å². The fraction of sp³-hybridized carbons (Fsp3) is 0.225.